The number of ether oxygens (including phenoxy) is 2. The van der Waals surface area contributed by atoms with Crippen LogP contribution in [0.15, 0.2) is 23.1 Å². The molecule has 0 radical (unpaired) electrons. The predicted molar refractivity (Wildman–Crippen MR) is 94.7 cm³/mol. The Hall–Kier alpha value is -1.02. The van der Waals surface area contributed by atoms with Crippen molar-refractivity contribution in [1.82, 2.24) is 9.62 Å². The number of methoxy groups -OCH3 is 2. The van der Waals surface area contributed by atoms with E-state index >= 15 is 0 Å². The highest BCUT2D eigenvalue weighted by Gasteiger charge is 2.39. The molecule has 2 bridgehead atoms. The molecule has 2 unspecified atom stereocenters. The topological polar surface area (TPSA) is 67.9 Å². The molecule has 2 aliphatic rings. The lowest BCUT2D eigenvalue weighted by Gasteiger charge is -2.35. The third-order valence-electron chi connectivity index (χ3n) is 4.99. The highest BCUT2D eigenvalue weighted by molar-refractivity contribution is 7.89. The van der Waals surface area contributed by atoms with E-state index in [2.05, 4.69) is 5.32 Å². The highest BCUT2D eigenvalue weighted by Crippen LogP contribution is 2.35. The normalized spacial score (nSPS) is 26.1. The Morgan fingerprint density at radius 1 is 1.12 bits per heavy atom. The maximum atomic E-state index is 13.1. The molecule has 1 aromatic rings. The number of nitrogens with one attached hydrogen (secondary N) is 1. The van der Waals surface area contributed by atoms with Crippen molar-refractivity contribution in [1.29, 1.82) is 0 Å². The molecule has 2 aliphatic heterocycles. The number of benzene rings is 1. The lowest BCUT2D eigenvalue weighted by Crippen LogP contribution is -2.48. The molecule has 6 nitrogen and oxygen atoms in total. The van der Waals surface area contributed by atoms with Gasteiger partial charge in [0.1, 0.15) is 16.4 Å². The van der Waals surface area contributed by atoms with Crippen LogP contribution in [0.2, 0.25) is 0 Å². The summed E-state index contributed by atoms with van der Waals surface area (Å²) in [5.74, 6) is 0.845. The summed E-state index contributed by atoms with van der Waals surface area (Å²) in [6.07, 6.45) is 3.99. The molecule has 2 saturated heterocycles. The lowest BCUT2D eigenvalue weighted by atomic mass is 10.0. The maximum Gasteiger partial charge on any atom is 0.246 e. The zero-order valence-electron chi connectivity index (χ0n) is 14.2. The molecule has 1 N–H and O–H groups in total. The van der Waals surface area contributed by atoms with E-state index in [0.717, 1.165) is 25.7 Å². The minimum atomic E-state index is -3.63. The Bertz CT molecular complexity index is 671. The van der Waals surface area contributed by atoms with Gasteiger partial charge in [-0.3, -0.25) is 0 Å². The van der Waals surface area contributed by atoms with Crippen LogP contribution in [-0.2, 0) is 10.0 Å². The van der Waals surface area contributed by atoms with Gasteiger partial charge < -0.3 is 14.8 Å². The van der Waals surface area contributed by atoms with Crippen LogP contribution in [0.3, 0.4) is 0 Å². The van der Waals surface area contributed by atoms with Crippen molar-refractivity contribution in [2.24, 2.45) is 0 Å². The van der Waals surface area contributed by atoms with Crippen molar-refractivity contribution in [3.05, 3.63) is 18.2 Å². The highest BCUT2D eigenvalue weighted by atomic mass is 35.5. The molecule has 0 spiro atoms. The zero-order valence-corrected chi connectivity index (χ0v) is 15.8. The van der Waals surface area contributed by atoms with Gasteiger partial charge in [-0.25, -0.2) is 8.42 Å². The van der Waals surface area contributed by atoms with Crippen molar-refractivity contribution >= 4 is 22.4 Å². The van der Waals surface area contributed by atoms with Crippen LogP contribution >= 0.6 is 12.4 Å². The number of halogens is 1. The molecule has 136 valence electrons. The monoisotopic (exact) mass is 376 g/mol. The van der Waals surface area contributed by atoms with Gasteiger partial charge in [0.2, 0.25) is 10.0 Å². The van der Waals surface area contributed by atoms with Crippen LogP contribution in [0.25, 0.3) is 0 Å². The van der Waals surface area contributed by atoms with Gasteiger partial charge in [-0.05, 0) is 37.8 Å². The minimum Gasteiger partial charge on any atom is -0.497 e. The van der Waals surface area contributed by atoms with Gasteiger partial charge >= 0.3 is 0 Å². The summed E-state index contributed by atoms with van der Waals surface area (Å²) >= 11 is 0. The molecule has 2 fully saturated rings. The number of piperidine rings is 1. The van der Waals surface area contributed by atoms with Gasteiger partial charge in [0, 0.05) is 31.2 Å². The standard InChI is InChI=1S/C16H24N2O4S.ClH/c1-18(13-8-11-4-5-12(9-13)17-11)23(19,20)16-10-14(21-2)6-7-15(16)22-3;/h6-7,10-13,17H,4-5,8-9H2,1-3H3;1H. The largest absolute Gasteiger partial charge is 0.497 e. The smallest absolute Gasteiger partial charge is 0.246 e. The molecule has 0 aromatic heterocycles. The number of nitrogens with zero attached hydrogens (tertiary/aromatic N) is 1. The number of hydrogen-bond acceptors (Lipinski definition) is 5. The van der Waals surface area contributed by atoms with E-state index < -0.39 is 10.0 Å². The van der Waals surface area contributed by atoms with Crippen LogP contribution in [0.5, 0.6) is 11.5 Å². The van der Waals surface area contributed by atoms with Crippen LogP contribution in [0.4, 0.5) is 0 Å². The van der Waals surface area contributed by atoms with E-state index in [4.69, 9.17) is 9.47 Å². The fourth-order valence-electron chi connectivity index (χ4n) is 3.66. The molecule has 3 rings (SSSR count). The molecule has 8 heteroatoms. The summed E-state index contributed by atoms with van der Waals surface area (Å²) in [6.45, 7) is 0. The van der Waals surface area contributed by atoms with Crippen LogP contribution in [-0.4, -0.2) is 52.1 Å². The molecular formula is C16H25ClN2O4S. The second-order valence-electron chi connectivity index (χ2n) is 6.30. The van der Waals surface area contributed by atoms with E-state index in [1.54, 1.807) is 19.2 Å². The van der Waals surface area contributed by atoms with E-state index in [1.165, 1.54) is 24.6 Å². The number of fused-ring (bicyclic) bond motifs is 2. The fraction of sp³-hybridized carbons (Fsp3) is 0.625. The molecule has 0 aliphatic carbocycles. The molecule has 0 saturated carbocycles. The van der Waals surface area contributed by atoms with Crippen LogP contribution < -0.4 is 14.8 Å². The number of rotatable bonds is 5. The molecule has 0 amide bonds. The van der Waals surface area contributed by atoms with Crippen molar-refractivity contribution < 1.29 is 17.9 Å². The first kappa shape index (κ1) is 19.3. The number of hydrogen-bond donors (Lipinski definition) is 1. The van der Waals surface area contributed by atoms with Crippen molar-refractivity contribution in [2.75, 3.05) is 21.3 Å². The summed E-state index contributed by atoms with van der Waals surface area (Å²) in [6, 6.07) is 5.75. The van der Waals surface area contributed by atoms with E-state index in [0.29, 0.717) is 23.6 Å². The third kappa shape index (κ3) is 3.49. The van der Waals surface area contributed by atoms with Gasteiger partial charge in [-0.1, -0.05) is 0 Å². The summed E-state index contributed by atoms with van der Waals surface area (Å²) in [5.41, 5.74) is 0. The first-order valence-corrected chi connectivity index (χ1v) is 9.36. The summed E-state index contributed by atoms with van der Waals surface area (Å²) in [5, 5.41) is 3.54. The van der Waals surface area contributed by atoms with Crippen molar-refractivity contribution in [2.45, 2.75) is 48.7 Å². The van der Waals surface area contributed by atoms with Crippen molar-refractivity contribution in [3.63, 3.8) is 0 Å². The zero-order chi connectivity index (χ0) is 16.6. The molecule has 2 atom stereocenters. The summed E-state index contributed by atoms with van der Waals surface area (Å²) in [7, 11) is 1.04. The van der Waals surface area contributed by atoms with E-state index in [9.17, 15) is 8.42 Å². The maximum absolute atomic E-state index is 13.1. The van der Waals surface area contributed by atoms with Gasteiger partial charge in [-0.2, -0.15) is 4.31 Å². The fourth-order valence-corrected chi connectivity index (χ4v) is 5.21. The molecule has 24 heavy (non-hydrogen) atoms. The Balaban J connectivity index is 0.00000208. The SMILES string of the molecule is COc1ccc(OC)c(S(=O)(=O)N(C)C2CC3CCC(C2)N3)c1.Cl. The average molecular weight is 377 g/mol. The first-order valence-electron chi connectivity index (χ1n) is 7.92. The van der Waals surface area contributed by atoms with E-state index in [-0.39, 0.29) is 23.3 Å². The Morgan fingerprint density at radius 2 is 1.75 bits per heavy atom. The van der Waals surface area contributed by atoms with E-state index in [1.807, 2.05) is 0 Å². The predicted octanol–water partition coefficient (Wildman–Crippen LogP) is 2.03. The van der Waals surface area contributed by atoms with Gasteiger partial charge in [-0.15, -0.1) is 12.4 Å². The third-order valence-corrected chi connectivity index (χ3v) is 6.92. The van der Waals surface area contributed by atoms with Crippen LogP contribution in [0, 0.1) is 0 Å². The summed E-state index contributed by atoms with van der Waals surface area (Å²) in [4.78, 5) is 0.160. The Labute approximate surface area is 150 Å². The number of sulfonamides is 1. The molecule has 2 heterocycles. The Morgan fingerprint density at radius 3 is 2.29 bits per heavy atom. The minimum absolute atomic E-state index is 0. The van der Waals surface area contributed by atoms with Crippen LogP contribution in [0.1, 0.15) is 25.7 Å². The first-order chi connectivity index (χ1) is 11.0. The second kappa shape index (κ2) is 7.47. The Kier molecular flexibility index (Phi) is 6.01. The molecular weight excluding hydrogens is 352 g/mol. The van der Waals surface area contributed by atoms with Crippen molar-refractivity contribution in [3.8, 4) is 11.5 Å². The lowest BCUT2D eigenvalue weighted by molar-refractivity contribution is 0.251. The quantitative estimate of drug-likeness (QED) is 0.851. The summed E-state index contributed by atoms with van der Waals surface area (Å²) < 4.78 is 38.1. The average Bonchev–Trinajstić information content (AvgIpc) is 2.91. The van der Waals surface area contributed by atoms with Gasteiger partial charge in [0.05, 0.1) is 14.2 Å². The second-order valence-corrected chi connectivity index (χ2v) is 8.27. The van der Waals surface area contributed by atoms with Gasteiger partial charge in [0.15, 0.2) is 0 Å². The van der Waals surface area contributed by atoms with Gasteiger partial charge in [0.25, 0.3) is 0 Å². The molecule has 1 aromatic carbocycles.